The Bertz CT molecular complexity index is 339. The number of halogens is 2. The molecule has 0 fully saturated rings. The molecule has 1 aromatic rings. The van der Waals surface area contributed by atoms with Gasteiger partial charge >= 0.3 is 0 Å². The minimum Gasteiger partial charge on any atom is -0.198 e. The lowest BCUT2D eigenvalue weighted by molar-refractivity contribution is 1.25. The van der Waals surface area contributed by atoms with Crippen molar-refractivity contribution in [2.75, 3.05) is 0 Å². The van der Waals surface area contributed by atoms with E-state index in [4.69, 9.17) is 28.5 Å². The molecule has 1 aromatic carbocycles. The summed E-state index contributed by atoms with van der Waals surface area (Å²) in [5.74, 6) is 0. The third kappa shape index (κ3) is 1.72. The Labute approximate surface area is 81.5 Å². The Balaban J connectivity index is 3.19. The van der Waals surface area contributed by atoms with E-state index in [0.717, 1.165) is 11.1 Å². The quantitative estimate of drug-likeness (QED) is 0.681. The van der Waals surface area contributed by atoms with E-state index >= 15 is 0 Å². The molecule has 12 heavy (non-hydrogen) atoms. The monoisotopic (exact) mass is 199 g/mol. The van der Waals surface area contributed by atoms with Gasteiger partial charge in [0.15, 0.2) is 0 Å². The topological polar surface area (TPSA) is 23.8 Å². The van der Waals surface area contributed by atoms with Crippen molar-refractivity contribution >= 4 is 23.2 Å². The summed E-state index contributed by atoms with van der Waals surface area (Å²) in [7, 11) is 0. The van der Waals surface area contributed by atoms with Crippen molar-refractivity contribution in [3.63, 3.8) is 0 Å². The molecule has 0 radical (unpaired) electrons. The van der Waals surface area contributed by atoms with Crippen LogP contribution in [0.15, 0.2) is 12.1 Å². The summed E-state index contributed by atoms with van der Waals surface area (Å²) in [6, 6.07) is 5.72. The number of nitrogens with zero attached hydrogens (tertiary/aromatic N) is 1. The van der Waals surface area contributed by atoms with Crippen LogP contribution in [0.25, 0.3) is 0 Å². The van der Waals surface area contributed by atoms with Gasteiger partial charge < -0.3 is 0 Å². The van der Waals surface area contributed by atoms with E-state index in [9.17, 15) is 0 Å². The summed E-state index contributed by atoms with van der Waals surface area (Å²) in [5.41, 5.74) is 1.72. The molecule has 0 bridgehead atoms. The summed E-state index contributed by atoms with van der Waals surface area (Å²) < 4.78 is 0. The van der Waals surface area contributed by atoms with Crippen LogP contribution in [0, 0.1) is 18.3 Å². The maximum Gasteiger partial charge on any atom is 0.0670 e. The Morgan fingerprint density at radius 3 is 2.58 bits per heavy atom. The van der Waals surface area contributed by atoms with Gasteiger partial charge in [-0.25, -0.2) is 0 Å². The van der Waals surface area contributed by atoms with Crippen molar-refractivity contribution in [2.45, 2.75) is 13.3 Å². The fraction of sp³-hybridized carbons (Fsp3) is 0.222. The van der Waals surface area contributed by atoms with Gasteiger partial charge in [0, 0.05) is 0 Å². The van der Waals surface area contributed by atoms with Crippen molar-refractivity contribution in [3.05, 3.63) is 33.3 Å². The first-order valence-corrected chi connectivity index (χ1v) is 4.23. The molecular formula is C9H7Cl2N. The number of aryl methyl sites for hydroxylation is 1. The van der Waals surface area contributed by atoms with Crippen LogP contribution in [0.1, 0.15) is 11.1 Å². The Morgan fingerprint density at radius 1 is 1.33 bits per heavy atom. The van der Waals surface area contributed by atoms with E-state index in [1.807, 2.05) is 25.1 Å². The van der Waals surface area contributed by atoms with E-state index in [2.05, 4.69) is 0 Å². The van der Waals surface area contributed by atoms with Crippen molar-refractivity contribution in [1.29, 1.82) is 5.26 Å². The second-order valence-corrected chi connectivity index (χ2v) is 3.26. The standard InChI is InChI=1S/C9H7Cl2N/c1-6-2-3-7(4-5-12)9(11)8(6)10/h2-3H,4H2,1H3. The number of rotatable bonds is 1. The first kappa shape index (κ1) is 9.38. The van der Waals surface area contributed by atoms with Gasteiger partial charge in [0.2, 0.25) is 0 Å². The number of hydrogen-bond donors (Lipinski definition) is 0. The summed E-state index contributed by atoms with van der Waals surface area (Å²) >= 11 is 11.8. The predicted molar refractivity (Wildman–Crippen MR) is 50.5 cm³/mol. The third-order valence-corrected chi connectivity index (χ3v) is 2.64. The van der Waals surface area contributed by atoms with Gasteiger partial charge in [0.05, 0.1) is 22.5 Å². The van der Waals surface area contributed by atoms with Crippen LogP contribution in [0.3, 0.4) is 0 Å². The third-order valence-electron chi connectivity index (χ3n) is 1.62. The first-order valence-electron chi connectivity index (χ1n) is 3.47. The first-order chi connectivity index (χ1) is 5.66. The lowest BCUT2D eigenvalue weighted by atomic mass is 10.1. The molecule has 0 amide bonds. The normalized spacial score (nSPS) is 9.50. The van der Waals surface area contributed by atoms with Gasteiger partial charge in [-0.05, 0) is 18.1 Å². The van der Waals surface area contributed by atoms with E-state index in [-0.39, 0.29) is 0 Å². The fourth-order valence-electron chi connectivity index (χ4n) is 0.908. The average molecular weight is 200 g/mol. The Kier molecular flexibility index (Phi) is 2.97. The van der Waals surface area contributed by atoms with Gasteiger partial charge in [0.1, 0.15) is 0 Å². The molecule has 0 spiro atoms. The van der Waals surface area contributed by atoms with Gasteiger partial charge in [0.25, 0.3) is 0 Å². The summed E-state index contributed by atoms with van der Waals surface area (Å²) in [6.45, 7) is 1.88. The maximum atomic E-state index is 8.45. The fourth-order valence-corrected chi connectivity index (χ4v) is 1.37. The van der Waals surface area contributed by atoms with Gasteiger partial charge in [-0.3, -0.25) is 0 Å². The zero-order valence-corrected chi connectivity index (χ0v) is 8.08. The number of nitriles is 1. The summed E-state index contributed by atoms with van der Waals surface area (Å²) in [5, 5.41) is 9.50. The van der Waals surface area contributed by atoms with E-state index < -0.39 is 0 Å². The second kappa shape index (κ2) is 3.80. The molecule has 62 valence electrons. The molecule has 0 saturated heterocycles. The van der Waals surface area contributed by atoms with Crippen LogP contribution in [-0.2, 0) is 6.42 Å². The Morgan fingerprint density at radius 2 is 2.00 bits per heavy atom. The molecule has 0 aliphatic rings. The molecule has 0 aromatic heterocycles. The minimum atomic E-state index is 0.304. The molecule has 0 unspecified atom stereocenters. The molecule has 0 aliphatic carbocycles. The van der Waals surface area contributed by atoms with Crippen molar-refractivity contribution < 1.29 is 0 Å². The van der Waals surface area contributed by atoms with Crippen LogP contribution in [0.2, 0.25) is 10.0 Å². The second-order valence-electron chi connectivity index (χ2n) is 2.50. The Hall–Kier alpha value is -0.710. The van der Waals surface area contributed by atoms with Crippen LogP contribution in [0.4, 0.5) is 0 Å². The van der Waals surface area contributed by atoms with Crippen LogP contribution < -0.4 is 0 Å². The highest BCUT2D eigenvalue weighted by Gasteiger charge is 2.06. The van der Waals surface area contributed by atoms with Gasteiger partial charge in [-0.1, -0.05) is 35.3 Å². The number of hydrogen-bond acceptors (Lipinski definition) is 1. The zero-order valence-electron chi connectivity index (χ0n) is 6.56. The van der Waals surface area contributed by atoms with E-state index in [1.165, 1.54) is 0 Å². The van der Waals surface area contributed by atoms with Crippen LogP contribution in [0.5, 0.6) is 0 Å². The van der Waals surface area contributed by atoms with Crippen molar-refractivity contribution in [3.8, 4) is 6.07 Å². The molecule has 0 atom stereocenters. The summed E-state index contributed by atoms with van der Waals surface area (Å²) in [6.07, 6.45) is 0.304. The SMILES string of the molecule is Cc1ccc(CC#N)c(Cl)c1Cl. The molecule has 1 nitrogen and oxygen atoms in total. The molecular weight excluding hydrogens is 193 g/mol. The highest BCUT2D eigenvalue weighted by Crippen LogP contribution is 2.29. The van der Waals surface area contributed by atoms with Crippen LogP contribution in [-0.4, -0.2) is 0 Å². The molecule has 0 N–H and O–H groups in total. The van der Waals surface area contributed by atoms with E-state index in [0.29, 0.717) is 16.5 Å². The lowest BCUT2D eigenvalue weighted by Gasteiger charge is -2.03. The highest BCUT2D eigenvalue weighted by atomic mass is 35.5. The zero-order chi connectivity index (χ0) is 9.14. The molecule has 0 aliphatic heterocycles. The van der Waals surface area contributed by atoms with E-state index in [1.54, 1.807) is 0 Å². The summed E-state index contributed by atoms with van der Waals surface area (Å²) in [4.78, 5) is 0. The lowest BCUT2D eigenvalue weighted by Crippen LogP contribution is -1.86. The molecule has 1 rings (SSSR count). The molecule has 0 saturated carbocycles. The number of benzene rings is 1. The minimum absolute atomic E-state index is 0.304. The average Bonchev–Trinajstić information content (AvgIpc) is 2.07. The van der Waals surface area contributed by atoms with Crippen molar-refractivity contribution in [2.24, 2.45) is 0 Å². The highest BCUT2D eigenvalue weighted by molar-refractivity contribution is 6.42. The van der Waals surface area contributed by atoms with Crippen LogP contribution >= 0.6 is 23.2 Å². The molecule has 3 heteroatoms. The molecule has 0 heterocycles. The largest absolute Gasteiger partial charge is 0.198 e. The maximum absolute atomic E-state index is 8.45. The van der Waals surface area contributed by atoms with Gasteiger partial charge in [-0.2, -0.15) is 5.26 Å². The van der Waals surface area contributed by atoms with Crippen molar-refractivity contribution in [1.82, 2.24) is 0 Å². The van der Waals surface area contributed by atoms with Gasteiger partial charge in [-0.15, -0.1) is 0 Å². The smallest absolute Gasteiger partial charge is 0.0670 e. The predicted octanol–water partition coefficient (Wildman–Crippen LogP) is 3.37.